The number of benzene rings is 2. The highest BCUT2D eigenvalue weighted by atomic mass is 31.2. The lowest BCUT2D eigenvalue weighted by molar-refractivity contribution is -0.120. The standard InChI is InChI=1S/C35H51N4O7P/c1-27(36-32(22-29-15-9-5-10-16-29)34(41)47(43,44-2)45-3)21-31-23-38(25-39(31)26-46-24-30-17-11-6-12-18-30)35(42)37-33(40)20-19-28-13-7-4-8-14-28/h4,6-8,11-14,17-18,23,27,29,32,34,36,41H,5,9-10,15-16,19-22,24-26H2,1-3H3,(H,37,40,42)/t27-,32+,34?/m1/s1. The Kier molecular flexibility index (Phi) is 14.5. The molecule has 0 aromatic heterocycles. The van der Waals surface area contributed by atoms with Crippen molar-refractivity contribution in [2.24, 2.45) is 5.92 Å². The number of aryl methyl sites for hydroxylation is 1. The van der Waals surface area contributed by atoms with E-state index in [1.807, 2.05) is 72.5 Å². The van der Waals surface area contributed by atoms with E-state index >= 15 is 0 Å². The quantitative estimate of drug-likeness (QED) is 0.175. The van der Waals surface area contributed by atoms with E-state index in [1.54, 1.807) is 6.20 Å². The van der Waals surface area contributed by atoms with Crippen molar-refractivity contribution >= 4 is 19.5 Å². The molecule has 258 valence electrons. The maximum absolute atomic E-state index is 13.2. The molecule has 1 fully saturated rings. The smallest absolute Gasteiger partial charge is 0.359 e. The highest BCUT2D eigenvalue weighted by molar-refractivity contribution is 7.54. The number of imide groups is 1. The van der Waals surface area contributed by atoms with Crippen LogP contribution in [0.3, 0.4) is 0 Å². The minimum atomic E-state index is -3.75. The Morgan fingerprint density at radius 1 is 0.979 bits per heavy atom. The van der Waals surface area contributed by atoms with Crippen LogP contribution >= 0.6 is 7.60 Å². The fraction of sp³-hybridized carbons (Fsp3) is 0.543. The maximum atomic E-state index is 13.2. The van der Waals surface area contributed by atoms with Gasteiger partial charge in [0.05, 0.1) is 6.61 Å². The van der Waals surface area contributed by atoms with E-state index in [0.29, 0.717) is 31.8 Å². The lowest BCUT2D eigenvalue weighted by atomic mass is 9.84. The van der Waals surface area contributed by atoms with Gasteiger partial charge in [-0.15, -0.1) is 0 Å². The lowest BCUT2D eigenvalue weighted by Gasteiger charge is -2.34. The average molecular weight is 671 g/mol. The van der Waals surface area contributed by atoms with Crippen molar-refractivity contribution < 1.29 is 33.0 Å². The Balaban J connectivity index is 1.42. The molecule has 2 aliphatic rings. The number of ether oxygens (including phenoxy) is 1. The first-order valence-corrected chi connectivity index (χ1v) is 18.2. The van der Waals surface area contributed by atoms with Crippen LogP contribution in [0.1, 0.15) is 69.4 Å². The molecule has 1 aliphatic heterocycles. The summed E-state index contributed by atoms with van der Waals surface area (Å²) < 4.78 is 29.6. The average Bonchev–Trinajstić information content (AvgIpc) is 3.50. The Bertz CT molecular complexity index is 1330. The monoisotopic (exact) mass is 670 g/mol. The molecule has 0 bridgehead atoms. The fourth-order valence-electron chi connectivity index (χ4n) is 6.32. The topological polar surface area (TPSA) is 130 Å². The molecule has 0 saturated heterocycles. The van der Waals surface area contributed by atoms with Crippen LogP contribution in [-0.4, -0.2) is 72.4 Å². The number of aliphatic hydroxyl groups is 1. The van der Waals surface area contributed by atoms with Crippen molar-refractivity contribution in [3.05, 3.63) is 83.7 Å². The third kappa shape index (κ3) is 11.3. The highest BCUT2D eigenvalue weighted by Crippen LogP contribution is 2.52. The Labute approximate surface area is 279 Å². The molecule has 47 heavy (non-hydrogen) atoms. The van der Waals surface area contributed by atoms with Crippen LogP contribution in [0.2, 0.25) is 0 Å². The Hall–Kier alpha value is -3.05. The molecule has 1 unspecified atom stereocenters. The SMILES string of the molecule is COP(=O)(OC)C(O)[C@H](CC1CCCCC1)N[C@H](C)CC1=CN(C(=O)NC(=O)CCc2ccccc2)CN1COCc1ccccc1. The fourth-order valence-corrected chi connectivity index (χ4v) is 7.55. The van der Waals surface area contributed by atoms with Gasteiger partial charge in [-0.3, -0.25) is 19.6 Å². The van der Waals surface area contributed by atoms with Crippen molar-refractivity contribution in [2.45, 2.75) is 89.2 Å². The summed E-state index contributed by atoms with van der Waals surface area (Å²) in [5, 5.41) is 17.3. The van der Waals surface area contributed by atoms with Crippen LogP contribution in [0.5, 0.6) is 0 Å². The molecule has 1 saturated carbocycles. The number of urea groups is 1. The summed E-state index contributed by atoms with van der Waals surface area (Å²) in [4.78, 5) is 29.3. The summed E-state index contributed by atoms with van der Waals surface area (Å²) in [5.41, 5.74) is 2.89. The molecule has 0 radical (unpaired) electrons. The van der Waals surface area contributed by atoms with Gasteiger partial charge < -0.3 is 29.1 Å². The van der Waals surface area contributed by atoms with E-state index in [-0.39, 0.29) is 31.8 Å². The van der Waals surface area contributed by atoms with E-state index in [2.05, 4.69) is 10.6 Å². The van der Waals surface area contributed by atoms with Crippen molar-refractivity contribution in [3.8, 4) is 0 Å². The van der Waals surface area contributed by atoms with Crippen molar-refractivity contribution in [3.63, 3.8) is 0 Å². The number of amides is 3. The van der Waals surface area contributed by atoms with Crippen molar-refractivity contribution in [2.75, 3.05) is 27.6 Å². The molecular formula is C35H51N4O7P. The summed E-state index contributed by atoms with van der Waals surface area (Å²) in [6.45, 7) is 2.84. The second kappa shape index (κ2) is 18.5. The highest BCUT2D eigenvalue weighted by Gasteiger charge is 2.40. The molecule has 3 N–H and O–H groups in total. The third-order valence-corrected chi connectivity index (χ3v) is 10.9. The molecule has 2 aromatic rings. The second-order valence-corrected chi connectivity index (χ2v) is 14.8. The summed E-state index contributed by atoms with van der Waals surface area (Å²) in [5.74, 6) is -1.28. The first-order valence-electron chi connectivity index (χ1n) is 16.6. The first-order chi connectivity index (χ1) is 22.7. The second-order valence-electron chi connectivity index (χ2n) is 12.5. The lowest BCUT2D eigenvalue weighted by Crippen LogP contribution is -2.46. The third-order valence-electron chi connectivity index (χ3n) is 8.90. The first kappa shape index (κ1) is 36.8. The van der Waals surface area contributed by atoms with Crippen LogP contribution in [0, 0.1) is 5.92 Å². The van der Waals surface area contributed by atoms with E-state index in [4.69, 9.17) is 13.8 Å². The largest absolute Gasteiger partial charge is 0.379 e. The summed E-state index contributed by atoms with van der Waals surface area (Å²) in [6, 6.07) is 18.3. The number of carbonyl (C=O) groups is 2. The van der Waals surface area contributed by atoms with Gasteiger partial charge in [0.15, 0.2) is 5.85 Å². The zero-order valence-corrected chi connectivity index (χ0v) is 28.8. The molecular weight excluding hydrogens is 619 g/mol. The molecule has 2 aromatic carbocycles. The van der Waals surface area contributed by atoms with Gasteiger partial charge in [-0.1, -0.05) is 92.8 Å². The van der Waals surface area contributed by atoms with Gasteiger partial charge in [0.2, 0.25) is 5.91 Å². The number of carbonyl (C=O) groups excluding carboxylic acids is 2. The summed E-state index contributed by atoms with van der Waals surface area (Å²) in [7, 11) is -1.17. The number of nitrogens with zero attached hydrogens (tertiary/aromatic N) is 2. The minimum Gasteiger partial charge on any atom is -0.379 e. The van der Waals surface area contributed by atoms with Crippen LogP contribution in [0.15, 0.2) is 72.6 Å². The van der Waals surface area contributed by atoms with Gasteiger partial charge >= 0.3 is 13.6 Å². The molecule has 12 heteroatoms. The number of hydrogen-bond acceptors (Lipinski definition) is 9. The molecule has 4 rings (SSSR count). The van der Waals surface area contributed by atoms with Crippen LogP contribution < -0.4 is 10.6 Å². The summed E-state index contributed by atoms with van der Waals surface area (Å²) in [6.07, 6.45) is 9.24. The molecule has 1 heterocycles. The van der Waals surface area contributed by atoms with Crippen LogP contribution in [-0.2, 0) is 36.2 Å². The van der Waals surface area contributed by atoms with E-state index in [9.17, 15) is 19.3 Å². The van der Waals surface area contributed by atoms with E-state index in [0.717, 1.165) is 42.5 Å². The molecule has 0 spiro atoms. The van der Waals surface area contributed by atoms with Crippen LogP contribution in [0.4, 0.5) is 4.79 Å². The number of hydrogen-bond donors (Lipinski definition) is 3. The van der Waals surface area contributed by atoms with E-state index < -0.39 is 25.5 Å². The van der Waals surface area contributed by atoms with Gasteiger partial charge in [-0.05, 0) is 36.8 Å². The van der Waals surface area contributed by atoms with Gasteiger partial charge in [0, 0.05) is 51.0 Å². The number of rotatable bonds is 17. The van der Waals surface area contributed by atoms with Gasteiger partial charge in [-0.25, -0.2) is 4.79 Å². The molecule has 3 amide bonds. The molecule has 11 nitrogen and oxygen atoms in total. The van der Waals surface area contributed by atoms with Crippen LogP contribution in [0.25, 0.3) is 0 Å². The summed E-state index contributed by atoms with van der Waals surface area (Å²) >= 11 is 0. The number of nitrogens with one attached hydrogen (secondary N) is 2. The van der Waals surface area contributed by atoms with Gasteiger partial charge in [-0.2, -0.15) is 0 Å². The van der Waals surface area contributed by atoms with Gasteiger partial charge in [0.25, 0.3) is 0 Å². The normalized spacial score (nSPS) is 17.7. The zero-order chi connectivity index (χ0) is 33.6. The Morgan fingerprint density at radius 2 is 1.62 bits per heavy atom. The maximum Gasteiger partial charge on any atom is 0.359 e. The van der Waals surface area contributed by atoms with Crippen molar-refractivity contribution in [1.29, 1.82) is 0 Å². The van der Waals surface area contributed by atoms with Crippen molar-refractivity contribution in [1.82, 2.24) is 20.4 Å². The molecule has 3 atom stereocenters. The minimum absolute atomic E-state index is 0.182. The Morgan fingerprint density at radius 3 is 2.26 bits per heavy atom. The predicted octanol–water partition coefficient (Wildman–Crippen LogP) is 5.96. The van der Waals surface area contributed by atoms with E-state index in [1.165, 1.54) is 25.5 Å². The molecule has 1 aliphatic carbocycles. The zero-order valence-electron chi connectivity index (χ0n) is 27.9. The number of aliphatic hydroxyl groups excluding tert-OH is 1. The predicted molar refractivity (Wildman–Crippen MR) is 181 cm³/mol. The van der Waals surface area contributed by atoms with Gasteiger partial charge in [0.1, 0.15) is 13.4 Å².